The highest BCUT2D eigenvalue weighted by Gasteiger charge is 2.36. The van der Waals surface area contributed by atoms with Crippen LogP contribution in [0.4, 0.5) is 0 Å². The maximum atomic E-state index is 13.2. The summed E-state index contributed by atoms with van der Waals surface area (Å²) in [6.07, 6.45) is 0.497. The maximum Gasteiger partial charge on any atom is 0.241 e. The lowest BCUT2D eigenvalue weighted by molar-refractivity contribution is 0.0700. The minimum Gasteiger partial charge on any atom is -0.497 e. The van der Waals surface area contributed by atoms with Crippen molar-refractivity contribution in [3.8, 4) is 17.2 Å². The van der Waals surface area contributed by atoms with Gasteiger partial charge in [-0.15, -0.1) is 0 Å². The summed E-state index contributed by atoms with van der Waals surface area (Å²) in [6, 6.07) is 15.6. The van der Waals surface area contributed by atoms with Crippen molar-refractivity contribution >= 4 is 20.8 Å². The average molecular weight is 428 g/mol. The molecule has 0 spiro atoms. The minimum absolute atomic E-state index is 0.217. The second-order valence-electron chi connectivity index (χ2n) is 8.02. The van der Waals surface area contributed by atoms with E-state index in [1.165, 1.54) is 0 Å². The third-order valence-corrected chi connectivity index (χ3v) is 6.77. The molecular weight excluding hydrogens is 402 g/mol. The average Bonchev–Trinajstić information content (AvgIpc) is 2.71. The lowest BCUT2D eigenvalue weighted by Gasteiger charge is -2.37. The summed E-state index contributed by atoms with van der Waals surface area (Å²) in [5.74, 6) is 2.04. The molecular formula is C23H25NO5S. The molecule has 0 aliphatic carbocycles. The Bertz CT molecular complexity index is 1200. The van der Waals surface area contributed by atoms with Gasteiger partial charge in [-0.3, -0.25) is 0 Å². The second kappa shape index (κ2) is 7.49. The van der Waals surface area contributed by atoms with Crippen molar-refractivity contribution in [3.63, 3.8) is 0 Å². The zero-order valence-corrected chi connectivity index (χ0v) is 18.2. The summed E-state index contributed by atoms with van der Waals surface area (Å²) in [5, 5.41) is 1.74. The standard InChI is InChI=1S/C23H25NO5S/c1-23(2)14-21(20-13-18(28-4)8-10-22(20)29-23)24-30(25,26)19-9-6-15-11-17(27-3)7-5-16(15)12-19/h5-13,21,24H,14H2,1-4H3. The molecule has 6 nitrogen and oxygen atoms in total. The van der Waals surface area contributed by atoms with Gasteiger partial charge in [0, 0.05) is 12.0 Å². The minimum atomic E-state index is -3.76. The van der Waals surface area contributed by atoms with Gasteiger partial charge in [0.25, 0.3) is 0 Å². The zero-order valence-electron chi connectivity index (χ0n) is 17.4. The Morgan fingerprint density at radius 1 is 0.933 bits per heavy atom. The van der Waals surface area contributed by atoms with Crippen LogP contribution in [0.15, 0.2) is 59.5 Å². The topological polar surface area (TPSA) is 73.9 Å². The summed E-state index contributed by atoms with van der Waals surface area (Å²) in [5.41, 5.74) is 0.261. The Morgan fingerprint density at radius 2 is 1.57 bits per heavy atom. The van der Waals surface area contributed by atoms with Crippen LogP contribution in [0.2, 0.25) is 0 Å². The predicted octanol–water partition coefficient (Wildman–Crippen LogP) is 4.44. The molecule has 1 heterocycles. The molecule has 1 N–H and O–H groups in total. The molecule has 1 atom stereocenters. The molecule has 7 heteroatoms. The van der Waals surface area contributed by atoms with Crippen LogP contribution in [0.3, 0.4) is 0 Å². The maximum absolute atomic E-state index is 13.2. The molecule has 0 saturated carbocycles. The summed E-state index contributed by atoms with van der Waals surface area (Å²) < 4.78 is 45.9. The van der Waals surface area contributed by atoms with E-state index in [0.717, 1.165) is 22.1 Å². The van der Waals surface area contributed by atoms with Crippen molar-refractivity contribution < 1.29 is 22.6 Å². The number of rotatable bonds is 5. The van der Waals surface area contributed by atoms with Crippen molar-refractivity contribution in [2.24, 2.45) is 0 Å². The molecule has 0 saturated heterocycles. The number of methoxy groups -OCH3 is 2. The van der Waals surface area contributed by atoms with Crippen LogP contribution in [0, 0.1) is 0 Å². The Kier molecular flexibility index (Phi) is 5.11. The van der Waals surface area contributed by atoms with E-state index in [1.54, 1.807) is 32.4 Å². The molecule has 30 heavy (non-hydrogen) atoms. The Morgan fingerprint density at radius 3 is 2.30 bits per heavy atom. The lowest BCUT2D eigenvalue weighted by Crippen LogP contribution is -2.41. The Balaban J connectivity index is 1.70. The SMILES string of the molecule is COc1ccc2c(c1)C(NS(=O)(=O)c1ccc3cc(OC)ccc3c1)CC(C)(C)O2. The molecule has 1 aliphatic heterocycles. The van der Waals surface area contributed by atoms with E-state index in [4.69, 9.17) is 14.2 Å². The van der Waals surface area contributed by atoms with Gasteiger partial charge < -0.3 is 14.2 Å². The van der Waals surface area contributed by atoms with Crippen molar-refractivity contribution in [3.05, 3.63) is 60.2 Å². The zero-order chi connectivity index (χ0) is 21.5. The van der Waals surface area contributed by atoms with Gasteiger partial charge in [-0.05, 0) is 67.1 Å². The van der Waals surface area contributed by atoms with Crippen LogP contribution < -0.4 is 18.9 Å². The largest absolute Gasteiger partial charge is 0.497 e. The van der Waals surface area contributed by atoms with E-state index in [-0.39, 0.29) is 4.90 Å². The molecule has 0 aromatic heterocycles. The summed E-state index contributed by atoms with van der Waals surface area (Å²) in [4.78, 5) is 0.217. The van der Waals surface area contributed by atoms with Gasteiger partial charge in [-0.25, -0.2) is 13.1 Å². The second-order valence-corrected chi connectivity index (χ2v) is 9.73. The van der Waals surface area contributed by atoms with Crippen molar-refractivity contribution in [1.29, 1.82) is 0 Å². The van der Waals surface area contributed by atoms with Crippen LogP contribution in [-0.4, -0.2) is 28.2 Å². The van der Waals surface area contributed by atoms with E-state index >= 15 is 0 Å². The molecule has 3 aromatic carbocycles. The highest BCUT2D eigenvalue weighted by molar-refractivity contribution is 7.89. The van der Waals surface area contributed by atoms with Crippen LogP contribution in [0.1, 0.15) is 31.9 Å². The third kappa shape index (κ3) is 3.95. The van der Waals surface area contributed by atoms with Gasteiger partial charge in [0.15, 0.2) is 0 Å². The smallest absolute Gasteiger partial charge is 0.241 e. The number of benzene rings is 3. The first-order chi connectivity index (χ1) is 14.2. The fourth-order valence-electron chi connectivity index (χ4n) is 3.82. The normalized spacial score (nSPS) is 17.8. The fourth-order valence-corrected chi connectivity index (χ4v) is 5.07. The van der Waals surface area contributed by atoms with Gasteiger partial charge >= 0.3 is 0 Å². The van der Waals surface area contributed by atoms with Crippen LogP contribution in [0.5, 0.6) is 17.2 Å². The highest BCUT2D eigenvalue weighted by atomic mass is 32.2. The van der Waals surface area contributed by atoms with Gasteiger partial charge in [-0.1, -0.05) is 12.1 Å². The van der Waals surface area contributed by atoms with E-state index in [0.29, 0.717) is 17.9 Å². The van der Waals surface area contributed by atoms with Crippen LogP contribution in [-0.2, 0) is 10.0 Å². The molecule has 0 radical (unpaired) electrons. The number of nitrogens with one attached hydrogen (secondary N) is 1. The van der Waals surface area contributed by atoms with Gasteiger partial charge in [0.05, 0.1) is 25.2 Å². The van der Waals surface area contributed by atoms with E-state index in [1.807, 2.05) is 50.2 Å². The summed E-state index contributed by atoms with van der Waals surface area (Å²) in [7, 11) is -0.572. The van der Waals surface area contributed by atoms with E-state index < -0.39 is 21.7 Å². The molecule has 158 valence electrons. The Hall–Kier alpha value is -2.77. The molecule has 1 aliphatic rings. The van der Waals surface area contributed by atoms with E-state index in [2.05, 4.69) is 4.72 Å². The molecule has 0 amide bonds. The van der Waals surface area contributed by atoms with Crippen LogP contribution in [0.25, 0.3) is 10.8 Å². The first kappa shape index (κ1) is 20.5. The van der Waals surface area contributed by atoms with Gasteiger partial charge in [0.1, 0.15) is 22.8 Å². The quantitative estimate of drug-likeness (QED) is 0.652. The monoisotopic (exact) mass is 427 g/mol. The van der Waals surface area contributed by atoms with Gasteiger partial charge in [-0.2, -0.15) is 0 Å². The van der Waals surface area contributed by atoms with Crippen LogP contribution >= 0.6 is 0 Å². The third-order valence-electron chi connectivity index (χ3n) is 5.30. The lowest BCUT2D eigenvalue weighted by atomic mass is 9.90. The first-order valence-corrected chi connectivity index (χ1v) is 11.2. The first-order valence-electron chi connectivity index (χ1n) is 9.68. The molecule has 4 rings (SSSR count). The number of fused-ring (bicyclic) bond motifs is 2. The number of sulfonamides is 1. The molecule has 3 aromatic rings. The predicted molar refractivity (Wildman–Crippen MR) is 116 cm³/mol. The van der Waals surface area contributed by atoms with E-state index in [9.17, 15) is 8.42 Å². The fraction of sp³-hybridized carbons (Fsp3) is 0.304. The van der Waals surface area contributed by atoms with Crippen molar-refractivity contribution in [2.45, 2.75) is 36.8 Å². The summed E-state index contributed by atoms with van der Waals surface area (Å²) in [6.45, 7) is 3.90. The molecule has 1 unspecified atom stereocenters. The number of hydrogen-bond donors (Lipinski definition) is 1. The highest BCUT2D eigenvalue weighted by Crippen LogP contribution is 2.41. The Labute approximate surface area is 176 Å². The molecule has 0 bridgehead atoms. The number of ether oxygens (including phenoxy) is 3. The van der Waals surface area contributed by atoms with Crippen molar-refractivity contribution in [2.75, 3.05) is 14.2 Å². The van der Waals surface area contributed by atoms with Crippen molar-refractivity contribution in [1.82, 2.24) is 4.72 Å². The van der Waals surface area contributed by atoms with Gasteiger partial charge in [0.2, 0.25) is 10.0 Å². The number of hydrogen-bond acceptors (Lipinski definition) is 5. The summed E-state index contributed by atoms with van der Waals surface area (Å²) >= 11 is 0. The molecule has 0 fully saturated rings.